The van der Waals surface area contributed by atoms with E-state index in [9.17, 15) is 19.0 Å². The van der Waals surface area contributed by atoms with Crippen LogP contribution >= 0.6 is 0 Å². The first-order valence-electron chi connectivity index (χ1n) is 9.29. The predicted molar refractivity (Wildman–Crippen MR) is 108 cm³/mol. The first-order chi connectivity index (χ1) is 13.8. The Hall–Kier alpha value is -2.32. The van der Waals surface area contributed by atoms with Crippen molar-refractivity contribution in [3.8, 4) is 16.9 Å². The molecule has 4 N–H and O–H groups in total. The lowest BCUT2D eigenvalue weighted by atomic mass is 9.84. The topological polar surface area (TPSA) is 82.0 Å². The summed E-state index contributed by atoms with van der Waals surface area (Å²) in [6, 6.07) is 15.5. The van der Waals surface area contributed by atoms with E-state index in [4.69, 9.17) is 9.94 Å². The summed E-state index contributed by atoms with van der Waals surface area (Å²) in [6.45, 7) is 0.948. The Balaban J connectivity index is 2.03. The van der Waals surface area contributed by atoms with Crippen LogP contribution in [0.4, 0.5) is 8.78 Å². The highest BCUT2D eigenvalue weighted by Gasteiger charge is 2.43. The third-order valence-electron chi connectivity index (χ3n) is 4.99. The number of benzene rings is 2. The third kappa shape index (κ3) is 5.83. The van der Waals surface area contributed by atoms with Gasteiger partial charge in [-0.05, 0) is 37.0 Å². The van der Waals surface area contributed by atoms with Crippen LogP contribution in [0.25, 0.3) is 17.2 Å². The van der Waals surface area contributed by atoms with Gasteiger partial charge in [-0.2, -0.15) is 5.48 Å². The zero-order valence-electron chi connectivity index (χ0n) is 16.4. The highest BCUT2D eigenvalue weighted by Crippen LogP contribution is 2.31. The molecule has 0 bridgehead atoms. The number of rotatable bonds is 10. The molecule has 5 nitrogen and oxygen atoms in total. The number of allylic oxidation sites excluding steroid dienone is 1. The molecule has 0 heterocycles. The number of methoxy groups -OCH3 is 1. The van der Waals surface area contributed by atoms with Crippen LogP contribution in [0.15, 0.2) is 54.6 Å². The summed E-state index contributed by atoms with van der Waals surface area (Å²) in [4.78, 5) is 0. The number of hydrogen-bond donors (Lipinski definition) is 4. The van der Waals surface area contributed by atoms with Crippen LogP contribution in [-0.2, 0) is 0 Å². The SMILES string of the molecule is COc1ccccc1-c1ccc(/C=C/CCC(C(O)NO)C(C)(O)C(F)F)cc1. The average molecular weight is 407 g/mol. The quantitative estimate of drug-likeness (QED) is 0.352. The number of hydrogen-bond acceptors (Lipinski definition) is 5. The number of halogens is 2. The summed E-state index contributed by atoms with van der Waals surface area (Å²) in [6.07, 6.45) is -0.715. The van der Waals surface area contributed by atoms with E-state index in [0.717, 1.165) is 29.4 Å². The van der Waals surface area contributed by atoms with E-state index in [-0.39, 0.29) is 6.42 Å². The van der Waals surface area contributed by atoms with Crippen molar-refractivity contribution < 1.29 is 28.9 Å². The second-order valence-electron chi connectivity index (χ2n) is 7.01. The van der Waals surface area contributed by atoms with Crippen molar-refractivity contribution in [1.29, 1.82) is 0 Å². The molecule has 0 aliphatic rings. The van der Waals surface area contributed by atoms with Crippen molar-refractivity contribution >= 4 is 6.08 Å². The number of aliphatic hydroxyl groups excluding tert-OH is 1. The lowest BCUT2D eigenvalue weighted by Crippen LogP contribution is -2.51. The Labute approximate surface area is 169 Å². The van der Waals surface area contributed by atoms with Crippen LogP contribution in [0.5, 0.6) is 5.75 Å². The third-order valence-corrected chi connectivity index (χ3v) is 4.99. The molecule has 2 rings (SSSR count). The van der Waals surface area contributed by atoms with Gasteiger partial charge in [0.05, 0.1) is 7.11 Å². The summed E-state index contributed by atoms with van der Waals surface area (Å²) in [5.41, 5.74) is 2.01. The van der Waals surface area contributed by atoms with E-state index >= 15 is 0 Å². The van der Waals surface area contributed by atoms with E-state index < -0.39 is 24.2 Å². The Bertz CT molecular complexity index is 794. The minimum atomic E-state index is -3.05. The van der Waals surface area contributed by atoms with E-state index in [1.807, 2.05) is 54.6 Å². The zero-order chi connectivity index (χ0) is 21.4. The number of alkyl halides is 2. The molecule has 0 spiro atoms. The molecule has 0 amide bonds. The Morgan fingerprint density at radius 2 is 1.79 bits per heavy atom. The maximum Gasteiger partial charge on any atom is 0.266 e. The zero-order valence-corrected chi connectivity index (χ0v) is 16.4. The van der Waals surface area contributed by atoms with Crippen LogP contribution in [0.2, 0.25) is 0 Å². The van der Waals surface area contributed by atoms with Gasteiger partial charge < -0.3 is 20.2 Å². The molecule has 7 heteroatoms. The van der Waals surface area contributed by atoms with Gasteiger partial charge in [-0.15, -0.1) is 0 Å². The molecule has 0 aromatic heterocycles. The fraction of sp³-hybridized carbons (Fsp3) is 0.364. The molecule has 158 valence electrons. The van der Waals surface area contributed by atoms with E-state index in [0.29, 0.717) is 6.42 Å². The highest BCUT2D eigenvalue weighted by atomic mass is 19.3. The van der Waals surface area contributed by atoms with Gasteiger partial charge in [-0.25, -0.2) is 8.78 Å². The summed E-state index contributed by atoms with van der Waals surface area (Å²) in [7, 11) is 1.62. The second kappa shape index (κ2) is 10.5. The van der Waals surface area contributed by atoms with Crippen molar-refractivity contribution in [2.24, 2.45) is 5.92 Å². The number of hydroxylamine groups is 1. The monoisotopic (exact) mass is 407 g/mol. The normalized spacial score (nSPS) is 16.0. The molecule has 0 saturated heterocycles. The molecule has 0 radical (unpaired) electrons. The number of aliphatic hydroxyl groups is 2. The molecule has 2 aromatic carbocycles. The van der Waals surface area contributed by atoms with Gasteiger partial charge in [-0.1, -0.05) is 54.6 Å². The Kier molecular flexibility index (Phi) is 8.28. The summed E-state index contributed by atoms with van der Waals surface area (Å²) >= 11 is 0. The minimum absolute atomic E-state index is 0.0574. The van der Waals surface area contributed by atoms with Crippen LogP contribution in [-0.4, -0.2) is 40.8 Å². The fourth-order valence-electron chi connectivity index (χ4n) is 3.17. The molecule has 0 fully saturated rings. The molecule has 3 unspecified atom stereocenters. The Morgan fingerprint density at radius 3 is 2.38 bits per heavy atom. The highest BCUT2D eigenvalue weighted by molar-refractivity contribution is 5.71. The molecule has 29 heavy (non-hydrogen) atoms. The van der Waals surface area contributed by atoms with Crippen molar-refractivity contribution in [3.05, 3.63) is 60.2 Å². The van der Waals surface area contributed by atoms with Crippen LogP contribution < -0.4 is 10.2 Å². The molecule has 3 atom stereocenters. The summed E-state index contributed by atoms with van der Waals surface area (Å²) in [5.74, 6) is -0.464. The van der Waals surface area contributed by atoms with Crippen LogP contribution in [0.1, 0.15) is 25.3 Å². The van der Waals surface area contributed by atoms with E-state index in [2.05, 4.69) is 0 Å². The predicted octanol–water partition coefficient (Wildman–Crippen LogP) is 4.09. The number of ether oxygens (including phenoxy) is 1. The van der Waals surface area contributed by atoms with Gasteiger partial charge in [0.2, 0.25) is 0 Å². The van der Waals surface area contributed by atoms with Crippen LogP contribution in [0, 0.1) is 5.92 Å². The van der Waals surface area contributed by atoms with Crippen molar-refractivity contribution in [2.45, 2.75) is 38.0 Å². The van der Waals surface area contributed by atoms with Crippen molar-refractivity contribution in [3.63, 3.8) is 0 Å². The average Bonchev–Trinajstić information content (AvgIpc) is 2.73. The van der Waals surface area contributed by atoms with Gasteiger partial charge >= 0.3 is 0 Å². The van der Waals surface area contributed by atoms with Gasteiger partial charge in [0.1, 0.15) is 17.6 Å². The maximum atomic E-state index is 13.1. The lowest BCUT2D eigenvalue weighted by Gasteiger charge is -2.34. The largest absolute Gasteiger partial charge is 0.496 e. The molecule has 0 aliphatic heterocycles. The smallest absolute Gasteiger partial charge is 0.266 e. The van der Waals surface area contributed by atoms with Crippen LogP contribution in [0.3, 0.4) is 0 Å². The van der Waals surface area contributed by atoms with Gasteiger partial charge in [0.15, 0.2) is 0 Å². The molecular weight excluding hydrogens is 380 g/mol. The number of nitrogens with one attached hydrogen (secondary N) is 1. The lowest BCUT2D eigenvalue weighted by molar-refractivity contribution is -0.170. The molecule has 0 saturated carbocycles. The fourth-order valence-corrected chi connectivity index (χ4v) is 3.17. The molecule has 0 aliphatic carbocycles. The summed E-state index contributed by atoms with van der Waals surface area (Å²) in [5, 5.41) is 28.5. The molecule has 2 aromatic rings. The van der Waals surface area contributed by atoms with Crippen molar-refractivity contribution in [1.82, 2.24) is 5.48 Å². The number of para-hydroxylation sites is 1. The first-order valence-corrected chi connectivity index (χ1v) is 9.29. The maximum absolute atomic E-state index is 13.1. The van der Waals surface area contributed by atoms with Crippen molar-refractivity contribution in [2.75, 3.05) is 7.11 Å². The Morgan fingerprint density at radius 1 is 1.14 bits per heavy atom. The second-order valence-corrected chi connectivity index (χ2v) is 7.01. The van der Waals surface area contributed by atoms with Gasteiger partial charge in [0.25, 0.3) is 6.43 Å². The van der Waals surface area contributed by atoms with Gasteiger partial charge in [0, 0.05) is 11.5 Å². The summed E-state index contributed by atoms with van der Waals surface area (Å²) < 4.78 is 31.5. The first kappa shape index (κ1) is 23.0. The minimum Gasteiger partial charge on any atom is -0.496 e. The molecular formula is C22H27F2NO4. The van der Waals surface area contributed by atoms with Gasteiger partial charge in [-0.3, -0.25) is 0 Å². The van der Waals surface area contributed by atoms with E-state index in [1.165, 1.54) is 0 Å². The standard InChI is InChI=1S/C22H27F2NO4/c1-22(27,21(23)24)18(20(26)25-28)9-5-3-7-15-11-13-16(14-12-15)17-8-4-6-10-19(17)29-2/h3-4,6-8,10-14,18,20-21,25-28H,5,9H2,1-2H3/b7-3+. The van der Waals surface area contributed by atoms with E-state index in [1.54, 1.807) is 18.7 Å².